The highest BCUT2D eigenvalue weighted by atomic mass is 16.6. The summed E-state index contributed by atoms with van der Waals surface area (Å²) in [5.41, 5.74) is 1.05. The maximum absolute atomic E-state index is 12.0. The normalized spacial score (nSPS) is 19.1. The lowest BCUT2D eigenvalue weighted by Gasteiger charge is -2.30. The van der Waals surface area contributed by atoms with Gasteiger partial charge in [-0.05, 0) is 38.2 Å². The van der Waals surface area contributed by atoms with E-state index in [0.29, 0.717) is 39.1 Å². The standard InChI is InChI=1S/C16H23NO4/c1-2-20-15(18)14-8-10-17(11-9-14)16(19)21-12-13-6-4-3-5-7-13/h4,6-7,14H,2-3,5,8-12H2,1H3. The molecular weight excluding hydrogens is 270 g/mol. The molecule has 0 spiro atoms. The third-order valence-electron chi connectivity index (χ3n) is 3.81. The van der Waals surface area contributed by atoms with Crippen LogP contribution in [0, 0.1) is 5.92 Å². The van der Waals surface area contributed by atoms with Crippen molar-refractivity contribution in [1.82, 2.24) is 4.90 Å². The first-order chi connectivity index (χ1) is 10.2. The predicted molar refractivity (Wildman–Crippen MR) is 78.7 cm³/mol. The summed E-state index contributed by atoms with van der Waals surface area (Å²) in [6, 6.07) is 0. The van der Waals surface area contributed by atoms with Crippen molar-refractivity contribution in [3.8, 4) is 0 Å². The van der Waals surface area contributed by atoms with Gasteiger partial charge in [-0.2, -0.15) is 0 Å². The van der Waals surface area contributed by atoms with Gasteiger partial charge in [0.2, 0.25) is 0 Å². The van der Waals surface area contributed by atoms with E-state index in [2.05, 4.69) is 12.2 Å². The van der Waals surface area contributed by atoms with Crippen LogP contribution >= 0.6 is 0 Å². The molecule has 0 bridgehead atoms. The Balaban J connectivity index is 1.71. The molecule has 0 atom stereocenters. The summed E-state index contributed by atoms with van der Waals surface area (Å²) in [6.07, 6.45) is 9.26. The molecule has 1 amide bonds. The first kappa shape index (κ1) is 15.6. The van der Waals surface area contributed by atoms with Gasteiger partial charge in [0.15, 0.2) is 0 Å². The summed E-state index contributed by atoms with van der Waals surface area (Å²) in [6.45, 7) is 3.64. The van der Waals surface area contributed by atoms with E-state index in [1.165, 1.54) is 0 Å². The van der Waals surface area contributed by atoms with E-state index in [9.17, 15) is 9.59 Å². The van der Waals surface area contributed by atoms with Gasteiger partial charge in [-0.25, -0.2) is 4.79 Å². The van der Waals surface area contributed by atoms with E-state index in [-0.39, 0.29) is 18.0 Å². The number of likely N-dealkylation sites (tertiary alicyclic amines) is 1. The lowest BCUT2D eigenvalue weighted by Crippen LogP contribution is -2.41. The van der Waals surface area contributed by atoms with Crippen molar-refractivity contribution >= 4 is 12.1 Å². The molecule has 0 aromatic carbocycles. The summed E-state index contributed by atoms with van der Waals surface area (Å²) >= 11 is 0. The minimum absolute atomic E-state index is 0.0852. The summed E-state index contributed by atoms with van der Waals surface area (Å²) in [5, 5.41) is 0. The van der Waals surface area contributed by atoms with Gasteiger partial charge in [0.1, 0.15) is 6.61 Å². The van der Waals surface area contributed by atoms with Crippen molar-refractivity contribution in [2.45, 2.75) is 32.6 Å². The molecule has 5 nitrogen and oxygen atoms in total. The van der Waals surface area contributed by atoms with Gasteiger partial charge < -0.3 is 14.4 Å². The molecule has 2 rings (SSSR count). The van der Waals surface area contributed by atoms with Crippen molar-refractivity contribution in [2.75, 3.05) is 26.3 Å². The number of esters is 1. The van der Waals surface area contributed by atoms with Crippen molar-refractivity contribution in [3.05, 3.63) is 23.8 Å². The van der Waals surface area contributed by atoms with Crippen LogP contribution in [0.2, 0.25) is 0 Å². The number of hydrogen-bond donors (Lipinski definition) is 0. The Morgan fingerprint density at radius 1 is 1.24 bits per heavy atom. The number of ether oxygens (including phenoxy) is 2. The van der Waals surface area contributed by atoms with Crippen LogP contribution < -0.4 is 0 Å². The average molecular weight is 293 g/mol. The molecule has 1 heterocycles. The van der Waals surface area contributed by atoms with Crippen LogP contribution in [0.3, 0.4) is 0 Å². The van der Waals surface area contributed by atoms with Crippen LogP contribution in [0.15, 0.2) is 23.8 Å². The zero-order chi connectivity index (χ0) is 15.1. The van der Waals surface area contributed by atoms with Crippen LogP contribution in [0.1, 0.15) is 32.6 Å². The second-order valence-electron chi connectivity index (χ2n) is 5.33. The van der Waals surface area contributed by atoms with E-state index in [1.807, 2.05) is 6.08 Å². The smallest absolute Gasteiger partial charge is 0.410 e. The fourth-order valence-electron chi connectivity index (χ4n) is 2.57. The summed E-state index contributed by atoms with van der Waals surface area (Å²) in [7, 11) is 0. The first-order valence-electron chi connectivity index (χ1n) is 7.64. The third-order valence-corrected chi connectivity index (χ3v) is 3.81. The van der Waals surface area contributed by atoms with Gasteiger partial charge in [-0.15, -0.1) is 0 Å². The largest absolute Gasteiger partial charge is 0.466 e. The number of allylic oxidation sites excluding steroid dienone is 2. The van der Waals surface area contributed by atoms with Crippen molar-refractivity contribution in [1.29, 1.82) is 0 Å². The minimum Gasteiger partial charge on any atom is -0.466 e. The quantitative estimate of drug-likeness (QED) is 0.748. The van der Waals surface area contributed by atoms with Gasteiger partial charge in [0.05, 0.1) is 12.5 Å². The second-order valence-corrected chi connectivity index (χ2v) is 5.33. The van der Waals surface area contributed by atoms with E-state index in [0.717, 1.165) is 18.4 Å². The van der Waals surface area contributed by atoms with E-state index in [1.54, 1.807) is 11.8 Å². The van der Waals surface area contributed by atoms with Gasteiger partial charge >= 0.3 is 12.1 Å². The molecule has 1 aliphatic heterocycles. The molecule has 0 saturated carbocycles. The van der Waals surface area contributed by atoms with Crippen LogP contribution in [-0.4, -0.2) is 43.3 Å². The topological polar surface area (TPSA) is 55.8 Å². The van der Waals surface area contributed by atoms with Crippen molar-refractivity contribution < 1.29 is 19.1 Å². The molecule has 116 valence electrons. The first-order valence-corrected chi connectivity index (χ1v) is 7.64. The highest BCUT2D eigenvalue weighted by Crippen LogP contribution is 2.19. The second kappa shape index (κ2) is 7.86. The highest BCUT2D eigenvalue weighted by molar-refractivity contribution is 5.73. The van der Waals surface area contributed by atoms with Gasteiger partial charge in [0, 0.05) is 13.1 Å². The zero-order valence-corrected chi connectivity index (χ0v) is 12.5. The third kappa shape index (κ3) is 4.62. The van der Waals surface area contributed by atoms with Crippen molar-refractivity contribution in [2.24, 2.45) is 5.92 Å². The lowest BCUT2D eigenvalue weighted by atomic mass is 9.97. The Morgan fingerprint density at radius 3 is 2.62 bits per heavy atom. The Hall–Kier alpha value is -1.78. The number of carbonyl (C=O) groups is 2. The average Bonchev–Trinajstić information content (AvgIpc) is 2.54. The Kier molecular flexibility index (Phi) is 5.84. The predicted octanol–water partition coefficient (Wildman–Crippen LogP) is 2.67. The lowest BCUT2D eigenvalue weighted by molar-refractivity contribution is -0.149. The van der Waals surface area contributed by atoms with Crippen LogP contribution in [0.25, 0.3) is 0 Å². The summed E-state index contributed by atoms with van der Waals surface area (Å²) in [4.78, 5) is 25.3. The van der Waals surface area contributed by atoms with Crippen LogP contribution in [0.4, 0.5) is 4.79 Å². The molecule has 0 unspecified atom stereocenters. The van der Waals surface area contributed by atoms with Gasteiger partial charge in [0.25, 0.3) is 0 Å². The van der Waals surface area contributed by atoms with E-state index >= 15 is 0 Å². The molecule has 1 saturated heterocycles. The molecule has 21 heavy (non-hydrogen) atoms. The maximum Gasteiger partial charge on any atom is 0.410 e. The molecule has 2 aliphatic rings. The number of piperidine rings is 1. The minimum atomic E-state index is -0.294. The molecule has 0 N–H and O–H groups in total. The molecule has 1 fully saturated rings. The Labute approximate surface area is 125 Å². The fourth-order valence-corrected chi connectivity index (χ4v) is 2.57. The van der Waals surface area contributed by atoms with E-state index < -0.39 is 0 Å². The number of nitrogens with zero attached hydrogens (tertiary/aromatic N) is 1. The van der Waals surface area contributed by atoms with E-state index in [4.69, 9.17) is 9.47 Å². The summed E-state index contributed by atoms with van der Waals surface area (Å²) in [5.74, 6) is -0.235. The highest BCUT2D eigenvalue weighted by Gasteiger charge is 2.28. The van der Waals surface area contributed by atoms with Crippen LogP contribution in [-0.2, 0) is 14.3 Å². The molecule has 0 aromatic rings. The molecule has 0 radical (unpaired) electrons. The SMILES string of the molecule is CCOC(=O)C1CCN(C(=O)OCC2=CCCC=C2)CC1. The van der Waals surface area contributed by atoms with Crippen molar-refractivity contribution in [3.63, 3.8) is 0 Å². The number of carbonyl (C=O) groups excluding carboxylic acids is 2. The molecule has 1 aliphatic carbocycles. The van der Waals surface area contributed by atoms with Gasteiger partial charge in [-0.1, -0.05) is 18.2 Å². The number of hydrogen-bond acceptors (Lipinski definition) is 4. The Morgan fingerprint density at radius 2 is 2.00 bits per heavy atom. The molecule has 5 heteroatoms. The zero-order valence-electron chi connectivity index (χ0n) is 12.5. The number of amides is 1. The monoisotopic (exact) mass is 293 g/mol. The molecule has 0 aromatic heterocycles. The fraction of sp³-hybridized carbons (Fsp3) is 0.625. The maximum atomic E-state index is 12.0. The number of rotatable bonds is 4. The van der Waals surface area contributed by atoms with Gasteiger partial charge in [-0.3, -0.25) is 4.79 Å². The summed E-state index contributed by atoms with van der Waals surface area (Å²) < 4.78 is 10.3. The van der Waals surface area contributed by atoms with Crippen LogP contribution in [0.5, 0.6) is 0 Å². The molecular formula is C16H23NO4. The Bertz CT molecular complexity index is 434.